The standard InChI is InChI=1S/C27H30N4O4S/c1-5-12-31-23(15-28-25(33)20-9-6-8-19(4)13-20)16-29-27(31)36-17-24(32)30-22-11-7-10-21(14-22)26(34)35-18(2)3/h5-11,13-14,16,18H,1,12,15,17H2,2-4H3,(H,28,33)(H,30,32). The number of esters is 1. The first-order valence-corrected chi connectivity index (χ1v) is 12.5. The summed E-state index contributed by atoms with van der Waals surface area (Å²) in [5.74, 6) is -0.733. The third kappa shape index (κ3) is 7.58. The Kier molecular flexibility index (Phi) is 9.46. The van der Waals surface area contributed by atoms with E-state index in [0.717, 1.165) is 11.3 Å². The minimum atomic E-state index is -0.441. The topological polar surface area (TPSA) is 102 Å². The molecule has 3 aromatic rings. The van der Waals surface area contributed by atoms with E-state index in [1.807, 2.05) is 29.7 Å². The maximum absolute atomic E-state index is 12.6. The number of nitrogens with zero attached hydrogens (tertiary/aromatic N) is 2. The lowest BCUT2D eigenvalue weighted by Gasteiger charge is -2.11. The second kappa shape index (κ2) is 12.7. The molecule has 0 unspecified atom stereocenters. The van der Waals surface area contributed by atoms with E-state index in [4.69, 9.17) is 4.74 Å². The van der Waals surface area contributed by atoms with Crippen LogP contribution in [0.1, 0.15) is 45.8 Å². The Morgan fingerprint density at radius 1 is 1.14 bits per heavy atom. The van der Waals surface area contributed by atoms with Gasteiger partial charge in [-0.2, -0.15) is 0 Å². The highest BCUT2D eigenvalue weighted by Crippen LogP contribution is 2.20. The summed E-state index contributed by atoms with van der Waals surface area (Å²) in [5.41, 5.74) is 3.28. The minimum absolute atomic E-state index is 0.115. The summed E-state index contributed by atoms with van der Waals surface area (Å²) < 4.78 is 7.11. The van der Waals surface area contributed by atoms with Crippen molar-refractivity contribution in [1.29, 1.82) is 0 Å². The van der Waals surface area contributed by atoms with Crippen LogP contribution < -0.4 is 10.6 Å². The van der Waals surface area contributed by atoms with Crippen LogP contribution in [0.3, 0.4) is 0 Å². The van der Waals surface area contributed by atoms with E-state index < -0.39 is 5.97 Å². The van der Waals surface area contributed by atoms with Crippen molar-refractivity contribution in [2.75, 3.05) is 11.1 Å². The molecule has 3 rings (SSSR count). The maximum Gasteiger partial charge on any atom is 0.338 e. The lowest BCUT2D eigenvalue weighted by atomic mass is 10.1. The van der Waals surface area contributed by atoms with Crippen molar-refractivity contribution in [2.45, 2.75) is 45.1 Å². The van der Waals surface area contributed by atoms with Gasteiger partial charge in [-0.05, 0) is 51.1 Å². The fraction of sp³-hybridized carbons (Fsp3) is 0.259. The molecular formula is C27H30N4O4S. The van der Waals surface area contributed by atoms with Gasteiger partial charge in [0.25, 0.3) is 5.91 Å². The number of imidazole rings is 1. The van der Waals surface area contributed by atoms with E-state index >= 15 is 0 Å². The number of amides is 2. The summed E-state index contributed by atoms with van der Waals surface area (Å²) in [6.45, 7) is 10.1. The first-order chi connectivity index (χ1) is 17.3. The van der Waals surface area contributed by atoms with Gasteiger partial charge in [-0.3, -0.25) is 9.59 Å². The van der Waals surface area contributed by atoms with E-state index in [2.05, 4.69) is 22.2 Å². The van der Waals surface area contributed by atoms with Crippen molar-refractivity contribution in [1.82, 2.24) is 14.9 Å². The molecule has 2 amide bonds. The first-order valence-electron chi connectivity index (χ1n) is 11.5. The van der Waals surface area contributed by atoms with Crippen LogP contribution in [-0.2, 0) is 22.6 Å². The SMILES string of the molecule is C=CCn1c(CNC(=O)c2cccc(C)c2)cnc1SCC(=O)Nc1cccc(C(=O)OC(C)C)c1. The number of ether oxygens (including phenoxy) is 1. The number of rotatable bonds is 11. The van der Waals surface area contributed by atoms with Crippen molar-refractivity contribution < 1.29 is 19.1 Å². The fourth-order valence-electron chi connectivity index (χ4n) is 3.37. The molecule has 0 aliphatic carbocycles. The molecule has 0 spiro atoms. The Morgan fingerprint density at radius 2 is 1.89 bits per heavy atom. The molecule has 1 heterocycles. The van der Waals surface area contributed by atoms with Crippen LogP contribution >= 0.6 is 11.8 Å². The number of benzene rings is 2. The number of carbonyl (C=O) groups excluding carboxylic acids is 3. The summed E-state index contributed by atoms with van der Waals surface area (Å²) in [6.07, 6.45) is 3.19. The molecule has 0 aliphatic heterocycles. The quantitative estimate of drug-likeness (QED) is 0.224. The van der Waals surface area contributed by atoms with Crippen molar-refractivity contribution in [3.05, 3.63) is 89.8 Å². The molecule has 0 aliphatic rings. The van der Waals surface area contributed by atoms with Crippen LogP contribution in [0.4, 0.5) is 5.69 Å². The number of thioether (sulfide) groups is 1. The minimum Gasteiger partial charge on any atom is -0.459 e. The fourth-order valence-corrected chi connectivity index (χ4v) is 4.17. The molecular weight excluding hydrogens is 476 g/mol. The molecule has 2 aromatic carbocycles. The third-order valence-corrected chi connectivity index (χ3v) is 5.97. The Hall–Kier alpha value is -3.85. The van der Waals surface area contributed by atoms with E-state index in [9.17, 15) is 14.4 Å². The highest BCUT2D eigenvalue weighted by atomic mass is 32.2. The molecule has 9 heteroatoms. The number of anilines is 1. The Morgan fingerprint density at radius 3 is 2.61 bits per heavy atom. The molecule has 1 aromatic heterocycles. The van der Waals surface area contributed by atoms with Gasteiger partial charge in [-0.15, -0.1) is 6.58 Å². The zero-order chi connectivity index (χ0) is 26.1. The van der Waals surface area contributed by atoms with Crippen molar-refractivity contribution in [3.8, 4) is 0 Å². The number of hydrogen-bond donors (Lipinski definition) is 2. The number of nitrogens with one attached hydrogen (secondary N) is 2. The summed E-state index contributed by atoms with van der Waals surface area (Å²) >= 11 is 1.27. The molecule has 36 heavy (non-hydrogen) atoms. The van der Waals surface area contributed by atoms with Gasteiger partial charge in [0.15, 0.2) is 5.16 Å². The lowest BCUT2D eigenvalue weighted by molar-refractivity contribution is -0.113. The number of aromatic nitrogens is 2. The number of carbonyl (C=O) groups is 3. The molecule has 2 N–H and O–H groups in total. The molecule has 0 bridgehead atoms. The Labute approximate surface area is 215 Å². The molecule has 0 saturated carbocycles. The zero-order valence-electron chi connectivity index (χ0n) is 20.6. The van der Waals surface area contributed by atoms with Crippen LogP contribution in [0.2, 0.25) is 0 Å². The summed E-state index contributed by atoms with van der Waals surface area (Å²) in [7, 11) is 0. The van der Waals surface area contributed by atoms with Gasteiger partial charge in [0.05, 0.1) is 35.9 Å². The van der Waals surface area contributed by atoms with E-state index in [-0.39, 0.29) is 23.7 Å². The molecule has 0 saturated heterocycles. The van der Waals surface area contributed by atoms with E-state index in [1.54, 1.807) is 56.5 Å². The van der Waals surface area contributed by atoms with Crippen molar-refractivity contribution >= 4 is 35.2 Å². The highest BCUT2D eigenvalue weighted by molar-refractivity contribution is 7.99. The number of hydrogen-bond acceptors (Lipinski definition) is 6. The Bertz CT molecular complexity index is 1250. The lowest BCUT2D eigenvalue weighted by Crippen LogP contribution is -2.24. The van der Waals surface area contributed by atoms with Gasteiger partial charge < -0.3 is 19.9 Å². The maximum atomic E-state index is 12.6. The van der Waals surface area contributed by atoms with Crippen LogP contribution in [0, 0.1) is 6.92 Å². The monoisotopic (exact) mass is 506 g/mol. The zero-order valence-corrected chi connectivity index (χ0v) is 21.4. The predicted octanol–water partition coefficient (Wildman–Crippen LogP) is 4.60. The number of allylic oxidation sites excluding steroid dienone is 1. The van der Waals surface area contributed by atoms with Crippen LogP contribution in [0.5, 0.6) is 0 Å². The van der Waals surface area contributed by atoms with Gasteiger partial charge in [-0.1, -0.05) is 41.6 Å². The summed E-state index contributed by atoms with van der Waals surface area (Å²) in [4.78, 5) is 41.6. The largest absolute Gasteiger partial charge is 0.459 e. The normalized spacial score (nSPS) is 10.7. The molecule has 188 valence electrons. The number of aryl methyl sites for hydroxylation is 1. The van der Waals surface area contributed by atoms with Crippen LogP contribution in [0.15, 0.2) is 72.5 Å². The third-order valence-electron chi connectivity index (χ3n) is 4.98. The van der Waals surface area contributed by atoms with Gasteiger partial charge >= 0.3 is 5.97 Å². The highest BCUT2D eigenvalue weighted by Gasteiger charge is 2.15. The average molecular weight is 507 g/mol. The summed E-state index contributed by atoms with van der Waals surface area (Å²) in [5, 5.41) is 6.36. The van der Waals surface area contributed by atoms with Gasteiger partial charge in [-0.25, -0.2) is 9.78 Å². The summed E-state index contributed by atoms with van der Waals surface area (Å²) in [6, 6.07) is 14.0. The molecule has 0 atom stereocenters. The van der Waals surface area contributed by atoms with Crippen molar-refractivity contribution in [3.63, 3.8) is 0 Å². The predicted molar refractivity (Wildman–Crippen MR) is 141 cm³/mol. The smallest absolute Gasteiger partial charge is 0.338 e. The van der Waals surface area contributed by atoms with Gasteiger partial charge in [0, 0.05) is 17.8 Å². The van der Waals surface area contributed by atoms with Crippen LogP contribution in [0.25, 0.3) is 0 Å². The van der Waals surface area contributed by atoms with E-state index in [1.165, 1.54) is 11.8 Å². The molecule has 0 radical (unpaired) electrons. The average Bonchev–Trinajstić information content (AvgIpc) is 3.22. The van der Waals surface area contributed by atoms with E-state index in [0.29, 0.717) is 35.1 Å². The second-order valence-electron chi connectivity index (χ2n) is 8.36. The van der Waals surface area contributed by atoms with Crippen LogP contribution in [-0.4, -0.2) is 39.2 Å². The van der Waals surface area contributed by atoms with Gasteiger partial charge in [0.1, 0.15) is 0 Å². The molecule has 0 fully saturated rings. The Balaban J connectivity index is 1.59. The second-order valence-corrected chi connectivity index (χ2v) is 9.30. The van der Waals surface area contributed by atoms with Crippen molar-refractivity contribution in [2.24, 2.45) is 0 Å². The molecule has 8 nitrogen and oxygen atoms in total. The van der Waals surface area contributed by atoms with Gasteiger partial charge in [0.2, 0.25) is 5.91 Å². The first kappa shape index (κ1) is 26.7.